The molecule has 0 spiro atoms. The fourth-order valence-corrected chi connectivity index (χ4v) is 8.49. The zero-order chi connectivity index (χ0) is 34.6. The van der Waals surface area contributed by atoms with Gasteiger partial charge in [0.15, 0.2) is 0 Å². The van der Waals surface area contributed by atoms with E-state index in [4.69, 9.17) is 14.4 Å². The zero-order valence-electron chi connectivity index (χ0n) is 28.4. The molecule has 0 aliphatic carbocycles. The average molecular weight is 677 g/mol. The van der Waals surface area contributed by atoms with Crippen LogP contribution in [0.1, 0.15) is 0 Å². The molecule has 53 heavy (non-hydrogen) atoms. The van der Waals surface area contributed by atoms with Crippen LogP contribution < -0.4 is 0 Å². The number of fused-ring (bicyclic) bond motifs is 13. The van der Waals surface area contributed by atoms with Crippen molar-refractivity contribution in [3.63, 3.8) is 0 Å². The van der Waals surface area contributed by atoms with E-state index in [0.717, 1.165) is 83.0 Å². The van der Waals surface area contributed by atoms with Crippen LogP contribution in [0.3, 0.4) is 0 Å². The lowest BCUT2D eigenvalue weighted by Crippen LogP contribution is -2.06. The Morgan fingerprint density at radius 1 is 0.434 bits per heavy atom. The Morgan fingerprint density at radius 3 is 2.09 bits per heavy atom. The molecule has 12 rings (SSSR count). The molecule has 12 aromatic rings. The third-order valence-electron chi connectivity index (χ3n) is 10.9. The molecule has 4 heterocycles. The van der Waals surface area contributed by atoms with Gasteiger partial charge in [0.2, 0.25) is 5.95 Å². The zero-order valence-corrected chi connectivity index (χ0v) is 28.4. The highest BCUT2D eigenvalue weighted by Crippen LogP contribution is 2.42. The molecule has 0 bridgehead atoms. The average Bonchev–Trinajstić information content (AvgIpc) is 3.90. The van der Waals surface area contributed by atoms with Crippen molar-refractivity contribution in [2.75, 3.05) is 0 Å². The molecule has 0 radical (unpaired) electrons. The SMILES string of the molecule is c1ccc(-c2ccc3oc4c(-c5ccc6c(c5)c5c7ccccc7ccc5n6-c5nc6ccccc6c6nc7ccccc7n56)cccc4c3c2)cc1. The van der Waals surface area contributed by atoms with Gasteiger partial charge in [0.1, 0.15) is 16.8 Å². The van der Waals surface area contributed by atoms with E-state index in [1.807, 2.05) is 12.1 Å². The Labute approximate surface area is 302 Å². The van der Waals surface area contributed by atoms with Crippen LogP contribution in [-0.4, -0.2) is 18.9 Å². The molecule has 4 aromatic heterocycles. The van der Waals surface area contributed by atoms with Crippen LogP contribution in [0, 0.1) is 0 Å². The van der Waals surface area contributed by atoms with E-state index in [0.29, 0.717) is 0 Å². The van der Waals surface area contributed by atoms with E-state index in [2.05, 4.69) is 167 Å². The van der Waals surface area contributed by atoms with E-state index in [1.54, 1.807) is 0 Å². The second-order valence-corrected chi connectivity index (χ2v) is 13.8. The van der Waals surface area contributed by atoms with Crippen molar-refractivity contribution in [2.24, 2.45) is 0 Å². The summed E-state index contributed by atoms with van der Waals surface area (Å²) in [5, 5.41) is 7.99. The molecule has 0 saturated carbocycles. The lowest BCUT2D eigenvalue weighted by Gasteiger charge is -2.13. The molecule has 0 atom stereocenters. The summed E-state index contributed by atoms with van der Waals surface area (Å²) >= 11 is 0. The van der Waals surface area contributed by atoms with Gasteiger partial charge in [-0.15, -0.1) is 0 Å². The van der Waals surface area contributed by atoms with Gasteiger partial charge in [0.05, 0.1) is 27.6 Å². The molecule has 246 valence electrons. The monoisotopic (exact) mass is 676 g/mol. The van der Waals surface area contributed by atoms with E-state index < -0.39 is 0 Å². The summed E-state index contributed by atoms with van der Waals surface area (Å²) in [4.78, 5) is 10.5. The van der Waals surface area contributed by atoms with Gasteiger partial charge in [0.25, 0.3) is 0 Å². The Hall–Kier alpha value is -7.24. The Morgan fingerprint density at radius 2 is 1.17 bits per heavy atom. The topological polar surface area (TPSA) is 48.3 Å². The summed E-state index contributed by atoms with van der Waals surface area (Å²) < 4.78 is 11.2. The minimum atomic E-state index is 0.809. The van der Waals surface area contributed by atoms with Crippen molar-refractivity contribution in [1.82, 2.24) is 18.9 Å². The van der Waals surface area contributed by atoms with Gasteiger partial charge in [-0.25, -0.2) is 9.97 Å². The lowest BCUT2D eigenvalue weighted by molar-refractivity contribution is 0.670. The van der Waals surface area contributed by atoms with Gasteiger partial charge in [0, 0.05) is 32.5 Å². The van der Waals surface area contributed by atoms with Crippen molar-refractivity contribution in [3.8, 4) is 28.2 Å². The van der Waals surface area contributed by atoms with Crippen LogP contribution in [0.2, 0.25) is 0 Å². The lowest BCUT2D eigenvalue weighted by atomic mass is 9.98. The number of nitrogens with zero attached hydrogens (tertiary/aromatic N) is 4. The molecule has 0 aliphatic rings. The second-order valence-electron chi connectivity index (χ2n) is 13.8. The van der Waals surface area contributed by atoms with Crippen molar-refractivity contribution in [3.05, 3.63) is 170 Å². The van der Waals surface area contributed by atoms with Gasteiger partial charge < -0.3 is 4.42 Å². The van der Waals surface area contributed by atoms with Gasteiger partial charge >= 0.3 is 0 Å². The van der Waals surface area contributed by atoms with Crippen molar-refractivity contribution in [1.29, 1.82) is 0 Å². The fraction of sp³-hybridized carbons (Fsp3) is 0. The number of para-hydroxylation sites is 4. The van der Waals surface area contributed by atoms with Crippen LogP contribution >= 0.6 is 0 Å². The van der Waals surface area contributed by atoms with E-state index >= 15 is 0 Å². The van der Waals surface area contributed by atoms with E-state index in [1.165, 1.54) is 27.3 Å². The van der Waals surface area contributed by atoms with Crippen LogP contribution in [0.4, 0.5) is 0 Å². The van der Waals surface area contributed by atoms with Gasteiger partial charge in [-0.2, -0.15) is 0 Å². The summed E-state index contributed by atoms with van der Waals surface area (Å²) in [6, 6.07) is 60.0. The first-order chi connectivity index (χ1) is 26.3. The Balaban J connectivity index is 1.16. The number of hydrogen-bond donors (Lipinski definition) is 0. The summed E-state index contributed by atoms with van der Waals surface area (Å²) in [5.74, 6) is 0.809. The van der Waals surface area contributed by atoms with Crippen molar-refractivity contribution >= 4 is 82.1 Å². The predicted octanol–water partition coefficient (Wildman–Crippen LogP) is 12.5. The van der Waals surface area contributed by atoms with Crippen LogP contribution in [0.15, 0.2) is 174 Å². The minimum Gasteiger partial charge on any atom is -0.455 e. The first-order valence-electron chi connectivity index (χ1n) is 17.9. The largest absolute Gasteiger partial charge is 0.455 e. The summed E-state index contributed by atoms with van der Waals surface area (Å²) in [6.07, 6.45) is 0. The first kappa shape index (κ1) is 28.5. The van der Waals surface area contributed by atoms with Gasteiger partial charge in [-0.05, 0) is 82.1 Å². The highest BCUT2D eigenvalue weighted by Gasteiger charge is 2.22. The molecule has 0 amide bonds. The quantitative estimate of drug-likeness (QED) is 0.187. The third-order valence-corrected chi connectivity index (χ3v) is 10.9. The van der Waals surface area contributed by atoms with E-state index in [9.17, 15) is 0 Å². The van der Waals surface area contributed by atoms with Gasteiger partial charge in [-0.1, -0.05) is 115 Å². The summed E-state index contributed by atoms with van der Waals surface area (Å²) in [7, 11) is 0. The molecule has 8 aromatic carbocycles. The Kier molecular flexibility index (Phi) is 5.71. The van der Waals surface area contributed by atoms with E-state index in [-0.39, 0.29) is 0 Å². The molecule has 0 N–H and O–H groups in total. The molecule has 5 nitrogen and oxygen atoms in total. The molecule has 0 aliphatic heterocycles. The molecule has 5 heteroatoms. The van der Waals surface area contributed by atoms with Gasteiger partial charge in [-0.3, -0.25) is 8.97 Å². The van der Waals surface area contributed by atoms with Crippen LogP contribution in [-0.2, 0) is 0 Å². The number of rotatable bonds is 3. The summed E-state index contributed by atoms with van der Waals surface area (Å²) in [6.45, 7) is 0. The maximum Gasteiger partial charge on any atom is 0.221 e. The fourth-order valence-electron chi connectivity index (χ4n) is 8.49. The predicted molar refractivity (Wildman–Crippen MR) is 218 cm³/mol. The highest BCUT2D eigenvalue weighted by molar-refractivity contribution is 6.22. The molecule has 0 saturated heterocycles. The first-order valence-corrected chi connectivity index (χ1v) is 17.9. The Bertz CT molecular complexity index is 3460. The number of aromatic nitrogens is 4. The second kappa shape index (κ2) is 10.6. The number of hydrogen-bond acceptors (Lipinski definition) is 3. The maximum absolute atomic E-state index is 6.67. The standard InChI is InChI=1S/C48H28N4O/c1-2-11-29(12-3-1)31-23-26-44-37(27-31)35-17-10-16-34(46(35)53-44)32-22-24-41-38(28-32)45-33-14-5-4-13-30(33)21-25-43(45)51(41)48-50-39-18-7-6-15-36(39)47-49-40-19-8-9-20-42(40)52(47)48/h1-28H. The summed E-state index contributed by atoms with van der Waals surface area (Å²) in [5.41, 5.74) is 12.2. The molecule has 0 unspecified atom stereocenters. The third kappa shape index (κ3) is 4.02. The number of benzene rings is 8. The molecular weight excluding hydrogens is 649 g/mol. The molecule has 0 fully saturated rings. The maximum atomic E-state index is 6.67. The minimum absolute atomic E-state index is 0.809. The number of furan rings is 1. The van der Waals surface area contributed by atoms with Crippen LogP contribution in [0.5, 0.6) is 0 Å². The van der Waals surface area contributed by atoms with Crippen LogP contribution in [0.25, 0.3) is 110 Å². The van der Waals surface area contributed by atoms with Crippen molar-refractivity contribution in [2.45, 2.75) is 0 Å². The normalized spacial score (nSPS) is 12.2. The smallest absolute Gasteiger partial charge is 0.221 e. The number of imidazole rings is 1. The van der Waals surface area contributed by atoms with Crippen molar-refractivity contribution < 1.29 is 4.42 Å². The highest BCUT2D eigenvalue weighted by atomic mass is 16.3. The molecular formula is C48H28N4O.